The monoisotopic (exact) mass is 406 g/mol. The minimum Gasteiger partial charge on any atom is -0.569 e. The molecule has 2 N–H and O–H groups in total. The summed E-state index contributed by atoms with van der Waals surface area (Å²) >= 11 is 0. The van der Waals surface area contributed by atoms with Crippen LogP contribution >= 0.6 is 0 Å². The second kappa shape index (κ2) is 9.63. The molecule has 0 amide bonds. The van der Waals surface area contributed by atoms with Crippen LogP contribution in [0.2, 0.25) is 0 Å². The molecule has 0 unspecified atom stereocenters. The molecule has 154 valence electrons. The molecule has 14 nitrogen and oxygen atoms in total. The number of nitrogens with zero attached hydrogens (tertiary/aromatic N) is 7. The molecule has 0 saturated carbocycles. The molecule has 0 aliphatic carbocycles. The molecule has 0 spiro atoms. The first-order valence-corrected chi connectivity index (χ1v) is 8.22. The van der Waals surface area contributed by atoms with Gasteiger partial charge in [0.05, 0.1) is 34.0 Å². The molecule has 1 aliphatic heterocycles. The van der Waals surface area contributed by atoms with Gasteiger partial charge in [0.1, 0.15) is 0 Å². The third-order valence-electron chi connectivity index (χ3n) is 3.81. The lowest BCUT2D eigenvalue weighted by Gasteiger charge is -2.31. The van der Waals surface area contributed by atoms with Crippen LogP contribution in [-0.2, 0) is 0 Å². The number of hydrogen-bond acceptors (Lipinski definition) is 8. The molecule has 1 aromatic carbocycles. The highest BCUT2D eigenvalue weighted by Crippen LogP contribution is 2.31. The second-order valence-corrected chi connectivity index (χ2v) is 5.60. The van der Waals surface area contributed by atoms with Crippen molar-refractivity contribution in [2.75, 3.05) is 26.2 Å². The van der Waals surface area contributed by atoms with E-state index in [9.17, 15) is 25.4 Å². The van der Waals surface area contributed by atoms with E-state index >= 15 is 0 Å². The fourth-order valence-corrected chi connectivity index (χ4v) is 2.33. The number of hydrogen-bond donors (Lipinski definition) is 1. The Morgan fingerprint density at radius 2 is 1.86 bits per heavy atom. The van der Waals surface area contributed by atoms with Gasteiger partial charge in [-0.1, -0.05) is 12.7 Å². The lowest BCUT2D eigenvalue weighted by atomic mass is 10.2. The van der Waals surface area contributed by atoms with Crippen molar-refractivity contribution in [1.82, 2.24) is 9.91 Å². The van der Waals surface area contributed by atoms with Gasteiger partial charge in [0.15, 0.2) is 5.96 Å². The maximum Gasteiger partial charge on any atom is 0.321 e. The van der Waals surface area contributed by atoms with E-state index in [0.717, 1.165) is 18.2 Å². The number of non-ortho nitro benzene ring substituents is 1. The summed E-state index contributed by atoms with van der Waals surface area (Å²) in [5.41, 5.74) is 4.68. The summed E-state index contributed by atoms with van der Waals surface area (Å²) in [6.45, 7) is 4.80. The first kappa shape index (κ1) is 21.1. The van der Waals surface area contributed by atoms with E-state index < -0.39 is 27.0 Å². The number of allylic oxidation sites excluding steroid dienone is 2. The largest absolute Gasteiger partial charge is 0.569 e. The van der Waals surface area contributed by atoms with Crippen molar-refractivity contribution >= 4 is 17.3 Å². The number of hydrazine groups is 1. The summed E-state index contributed by atoms with van der Waals surface area (Å²) in [4.78, 5) is 30.9. The van der Waals surface area contributed by atoms with Gasteiger partial charge in [0.2, 0.25) is 11.0 Å². The van der Waals surface area contributed by atoms with Crippen molar-refractivity contribution in [2.24, 2.45) is 16.0 Å². The van der Waals surface area contributed by atoms with Crippen LogP contribution in [0, 0.1) is 25.4 Å². The number of piperazine rings is 1. The van der Waals surface area contributed by atoms with Gasteiger partial charge in [-0.05, 0) is 12.1 Å². The van der Waals surface area contributed by atoms with E-state index in [4.69, 9.17) is 10.6 Å². The Labute approximate surface area is 164 Å². The van der Waals surface area contributed by atoms with Crippen LogP contribution in [0.5, 0.6) is 5.75 Å². The minimum absolute atomic E-state index is 0.160. The topological polar surface area (TPSA) is 179 Å². The van der Waals surface area contributed by atoms with Crippen molar-refractivity contribution in [1.29, 1.82) is 0 Å². The number of nitrogens with two attached hydrogens (primary N) is 1. The maximum absolute atomic E-state index is 12.1. The summed E-state index contributed by atoms with van der Waals surface area (Å²) in [5, 5.41) is 38.5. The smallest absolute Gasteiger partial charge is 0.321 e. The van der Waals surface area contributed by atoms with Gasteiger partial charge in [0, 0.05) is 25.4 Å². The number of nitro benzene ring substituents is 2. The van der Waals surface area contributed by atoms with Crippen LogP contribution in [0.15, 0.2) is 53.4 Å². The Morgan fingerprint density at radius 1 is 1.17 bits per heavy atom. The average Bonchev–Trinajstić information content (AvgIpc) is 2.71. The summed E-state index contributed by atoms with van der Waals surface area (Å²) in [6.07, 6.45) is 4.67. The molecular weight excluding hydrogens is 388 g/mol. The third kappa shape index (κ3) is 5.62. The van der Waals surface area contributed by atoms with Gasteiger partial charge in [-0.3, -0.25) is 25.1 Å². The van der Waals surface area contributed by atoms with Crippen molar-refractivity contribution in [3.63, 3.8) is 0 Å². The Balaban J connectivity index is 2.02. The van der Waals surface area contributed by atoms with Gasteiger partial charge in [-0.15, -0.1) is 5.01 Å². The SMILES string of the molecule is C=C/C=C\N=C(N)N1CCN(/[N+]([O-])=N/Oc2ccc([N+](=O)[O-])cc2[N+](=O)[O-])CC1. The van der Waals surface area contributed by atoms with E-state index in [0.29, 0.717) is 13.1 Å². The standard InChI is InChI=1S/C15H18N8O6/c1-2-3-6-17-15(16)19-7-9-20(10-8-19)23(28)18-29-14-5-4-12(21(24)25)11-13(14)22(26)27/h2-6,11H,1,7-10H2,(H2,16,17)/b6-3-,23-18-. The van der Waals surface area contributed by atoms with E-state index in [1.165, 1.54) is 11.2 Å². The molecule has 2 rings (SSSR count). The number of guanidine groups is 1. The molecule has 14 heteroatoms. The zero-order valence-corrected chi connectivity index (χ0v) is 15.2. The maximum atomic E-state index is 12.1. The van der Waals surface area contributed by atoms with Crippen LogP contribution < -0.4 is 10.6 Å². The minimum atomic E-state index is -0.866. The quantitative estimate of drug-likeness (QED) is 0.133. The number of nitro groups is 2. The van der Waals surface area contributed by atoms with E-state index in [-0.39, 0.29) is 24.0 Å². The third-order valence-corrected chi connectivity index (χ3v) is 3.81. The highest BCUT2D eigenvalue weighted by molar-refractivity contribution is 5.78. The average molecular weight is 406 g/mol. The number of rotatable bonds is 7. The lowest BCUT2D eigenvalue weighted by molar-refractivity contribution is -0.708. The number of benzene rings is 1. The van der Waals surface area contributed by atoms with Crippen LogP contribution in [0.1, 0.15) is 0 Å². The molecule has 1 saturated heterocycles. The molecule has 29 heavy (non-hydrogen) atoms. The van der Waals surface area contributed by atoms with Gasteiger partial charge < -0.3 is 15.8 Å². The van der Waals surface area contributed by atoms with Crippen LogP contribution in [0.3, 0.4) is 0 Å². The zero-order valence-electron chi connectivity index (χ0n) is 15.2. The van der Waals surface area contributed by atoms with Gasteiger partial charge in [-0.2, -0.15) is 0 Å². The normalized spacial score (nSPS) is 15.4. The fraction of sp³-hybridized carbons (Fsp3) is 0.267. The van der Waals surface area contributed by atoms with Crippen molar-refractivity contribution < 1.29 is 19.7 Å². The fourth-order valence-electron chi connectivity index (χ4n) is 2.33. The first-order valence-electron chi connectivity index (χ1n) is 8.22. The van der Waals surface area contributed by atoms with Crippen molar-refractivity contribution in [3.05, 3.63) is 68.6 Å². The lowest BCUT2D eigenvalue weighted by Crippen LogP contribution is -2.52. The molecule has 0 atom stereocenters. The summed E-state index contributed by atoms with van der Waals surface area (Å²) in [6, 6.07) is 2.73. The predicted molar refractivity (Wildman–Crippen MR) is 101 cm³/mol. The highest BCUT2D eigenvalue weighted by Gasteiger charge is 2.25. The van der Waals surface area contributed by atoms with E-state index in [1.807, 2.05) is 0 Å². The van der Waals surface area contributed by atoms with E-state index in [1.54, 1.807) is 17.1 Å². The molecule has 1 heterocycles. The van der Waals surface area contributed by atoms with Gasteiger partial charge in [-0.25, -0.2) is 4.99 Å². The Kier molecular flexibility index (Phi) is 7.00. The summed E-state index contributed by atoms with van der Waals surface area (Å²) in [5.74, 6) is -0.111. The Hall–Kier alpha value is -4.23. The first-order chi connectivity index (χ1) is 13.8. The summed E-state index contributed by atoms with van der Waals surface area (Å²) < 4.78 is 0. The van der Waals surface area contributed by atoms with Gasteiger partial charge >= 0.3 is 5.69 Å². The number of aliphatic imine (C=N–C) groups is 1. The van der Waals surface area contributed by atoms with Crippen molar-refractivity contribution in [2.45, 2.75) is 0 Å². The zero-order chi connectivity index (χ0) is 21.4. The van der Waals surface area contributed by atoms with Gasteiger partial charge in [0.25, 0.3) is 5.69 Å². The molecular formula is C15H18N8O6. The van der Waals surface area contributed by atoms with Crippen LogP contribution in [0.25, 0.3) is 0 Å². The Morgan fingerprint density at radius 3 is 2.45 bits per heavy atom. The second-order valence-electron chi connectivity index (χ2n) is 5.60. The Bertz CT molecular complexity index is 876. The molecule has 0 radical (unpaired) electrons. The molecule has 1 aliphatic rings. The highest BCUT2D eigenvalue weighted by atomic mass is 16.7. The predicted octanol–water partition coefficient (Wildman–Crippen LogP) is 1.31. The van der Waals surface area contributed by atoms with Crippen LogP contribution in [-0.4, -0.2) is 56.9 Å². The molecule has 0 bridgehead atoms. The summed E-state index contributed by atoms with van der Waals surface area (Å²) in [7, 11) is 0. The van der Waals surface area contributed by atoms with E-state index in [2.05, 4.69) is 16.8 Å². The molecule has 1 aromatic rings. The van der Waals surface area contributed by atoms with Crippen LogP contribution in [0.4, 0.5) is 11.4 Å². The molecule has 0 aromatic heterocycles. The molecule has 1 fully saturated rings. The van der Waals surface area contributed by atoms with Crippen molar-refractivity contribution in [3.8, 4) is 5.75 Å².